The Morgan fingerprint density at radius 2 is 1.96 bits per heavy atom. The average molecular weight is 390 g/mol. The summed E-state index contributed by atoms with van der Waals surface area (Å²) in [4.78, 5) is 16.9. The van der Waals surface area contributed by atoms with Gasteiger partial charge < -0.3 is 5.32 Å². The van der Waals surface area contributed by atoms with Gasteiger partial charge in [0, 0.05) is 17.0 Å². The molecule has 1 aromatic heterocycles. The number of aryl methyl sites for hydroxylation is 1. The van der Waals surface area contributed by atoms with Crippen LogP contribution in [0.15, 0.2) is 53.4 Å². The van der Waals surface area contributed by atoms with Crippen molar-refractivity contribution in [2.24, 2.45) is 5.14 Å². The third kappa shape index (κ3) is 4.01. The van der Waals surface area contributed by atoms with Gasteiger partial charge in [-0.05, 0) is 48.9 Å². The van der Waals surface area contributed by atoms with Crippen LogP contribution in [0.2, 0.25) is 5.02 Å². The van der Waals surface area contributed by atoms with Crippen LogP contribution < -0.4 is 10.5 Å². The van der Waals surface area contributed by atoms with Crippen molar-refractivity contribution in [1.82, 2.24) is 10.3 Å². The molecule has 0 saturated heterocycles. The lowest BCUT2D eigenvalue weighted by Gasteiger charge is -2.10. The van der Waals surface area contributed by atoms with Gasteiger partial charge in [0.2, 0.25) is 10.0 Å². The first-order chi connectivity index (χ1) is 12.2. The average Bonchev–Trinajstić information content (AvgIpc) is 2.59. The molecular weight excluding hydrogens is 374 g/mol. The molecule has 0 aliphatic heterocycles. The Hall–Kier alpha value is -2.48. The summed E-state index contributed by atoms with van der Waals surface area (Å²) < 4.78 is 22.8. The minimum Gasteiger partial charge on any atom is -0.348 e. The van der Waals surface area contributed by atoms with Crippen molar-refractivity contribution in [3.05, 3.63) is 70.4 Å². The number of carbonyl (C=O) groups is 1. The Labute approximate surface area is 156 Å². The third-order valence-corrected chi connectivity index (χ3v) is 5.04. The summed E-state index contributed by atoms with van der Waals surface area (Å²) in [6.07, 6.45) is 0. The minimum atomic E-state index is -3.79. The SMILES string of the molecule is Cc1nc2ccc(Cl)cc2cc1C(=O)NCc1cccc(S(N)(=O)=O)c1. The van der Waals surface area contributed by atoms with E-state index in [1.54, 1.807) is 43.3 Å². The number of nitrogens with two attached hydrogens (primary N) is 1. The molecule has 0 fully saturated rings. The van der Waals surface area contributed by atoms with Gasteiger partial charge >= 0.3 is 0 Å². The maximum absolute atomic E-state index is 12.5. The molecule has 0 atom stereocenters. The first-order valence-electron chi connectivity index (χ1n) is 7.71. The summed E-state index contributed by atoms with van der Waals surface area (Å²) in [5.41, 5.74) is 2.40. The fourth-order valence-electron chi connectivity index (χ4n) is 2.58. The molecule has 0 aliphatic carbocycles. The zero-order chi connectivity index (χ0) is 18.9. The zero-order valence-corrected chi connectivity index (χ0v) is 15.4. The molecule has 0 radical (unpaired) electrons. The lowest BCUT2D eigenvalue weighted by atomic mass is 10.1. The predicted octanol–water partition coefficient (Wildman–Crippen LogP) is 2.77. The fraction of sp³-hybridized carbons (Fsp3) is 0.111. The second-order valence-electron chi connectivity index (χ2n) is 5.83. The van der Waals surface area contributed by atoms with E-state index in [-0.39, 0.29) is 17.3 Å². The molecule has 3 rings (SSSR count). The number of hydrogen-bond donors (Lipinski definition) is 2. The largest absolute Gasteiger partial charge is 0.348 e. The molecule has 3 aromatic rings. The van der Waals surface area contributed by atoms with Crippen molar-refractivity contribution >= 4 is 38.4 Å². The fourth-order valence-corrected chi connectivity index (χ4v) is 3.35. The van der Waals surface area contributed by atoms with E-state index in [0.29, 0.717) is 21.8 Å². The van der Waals surface area contributed by atoms with Gasteiger partial charge in [-0.25, -0.2) is 13.6 Å². The van der Waals surface area contributed by atoms with E-state index in [1.807, 2.05) is 0 Å². The van der Waals surface area contributed by atoms with Gasteiger partial charge in [0.25, 0.3) is 5.91 Å². The van der Waals surface area contributed by atoms with E-state index < -0.39 is 10.0 Å². The first-order valence-corrected chi connectivity index (χ1v) is 9.63. The Kier molecular flexibility index (Phi) is 4.95. The minimum absolute atomic E-state index is 0.00226. The van der Waals surface area contributed by atoms with Crippen molar-refractivity contribution in [2.75, 3.05) is 0 Å². The van der Waals surface area contributed by atoms with Crippen LogP contribution in [0.5, 0.6) is 0 Å². The molecule has 8 heteroatoms. The summed E-state index contributed by atoms with van der Waals surface area (Å²) in [6.45, 7) is 1.92. The first kappa shape index (κ1) is 18.3. The van der Waals surface area contributed by atoms with Crippen LogP contribution in [0.25, 0.3) is 10.9 Å². The number of pyridine rings is 1. The van der Waals surface area contributed by atoms with Gasteiger partial charge in [-0.1, -0.05) is 23.7 Å². The van der Waals surface area contributed by atoms with Crippen LogP contribution >= 0.6 is 11.6 Å². The Morgan fingerprint density at radius 1 is 1.19 bits per heavy atom. The number of nitrogens with zero attached hydrogens (tertiary/aromatic N) is 1. The molecule has 6 nitrogen and oxygen atoms in total. The summed E-state index contributed by atoms with van der Waals surface area (Å²) in [5, 5.41) is 9.22. The van der Waals surface area contributed by atoms with Crippen LogP contribution in [-0.2, 0) is 16.6 Å². The van der Waals surface area contributed by atoms with Gasteiger partial charge in [0.15, 0.2) is 0 Å². The van der Waals surface area contributed by atoms with Crippen LogP contribution in [0, 0.1) is 6.92 Å². The zero-order valence-electron chi connectivity index (χ0n) is 13.9. The summed E-state index contributed by atoms with van der Waals surface area (Å²) in [5.74, 6) is -0.308. The maximum Gasteiger partial charge on any atom is 0.253 e. The Morgan fingerprint density at radius 3 is 2.69 bits per heavy atom. The van der Waals surface area contributed by atoms with Crippen molar-refractivity contribution < 1.29 is 13.2 Å². The number of primary sulfonamides is 1. The molecule has 1 amide bonds. The Bertz CT molecular complexity index is 1110. The van der Waals surface area contributed by atoms with Crippen molar-refractivity contribution in [2.45, 2.75) is 18.4 Å². The Balaban J connectivity index is 1.82. The number of nitrogens with one attached hydrogen (secondary N) is 1. The van der Waals surface area contributed by atoms with Gasteiger partial charge in [-0.15, -0.1) is 0 Å². The molecule has 2 aromatic carbocycles. The number of halogens is 1. The maximum atomic E-state index is 12.5. The number of carbonyl (C=O) groups excluding carboxylic acids is 1. The third-order valence-electron chi connectivity index (χ3n) is 3.89. The number of sulfonamides is 1. The normalized spacial score (nSPS) is 11.5. The molecule has 134 valence electrons. The van der Waals surface area contributed by atoms with E-state index in [1.165, 1.54) is 12.1 Å². The van der Waals surface area contributed by atoms with Gasteiger partial charge in [-0.2, -0.15) is 0 Å². The smallest absolute Gasteiger partial charge is 0.253 e. The summed E-state index contributed by atoms with van der Waals surface area (Å²) in [7, 11) is -3.79. The number of aromatic nitrogens is 1. The molecular formula is C18H16ClN3O3S. The molecule has 3 N–H and O–H groups in total. The monoisotopic (exact) mass is 389 g/mol. The highest BCUT2D eigenvalue weighted by Crippen LogP contribution is 2.21. The van der Waals surface area contributed by atoms with Crippen LogP contribution in [-0.4, -0.2) is 19.3 Å². The highest BCUT2D eigenvalue weighted by Gasteiger charge is 2.13. The predicted molar refractivity (Wildman–Crippen MR) is 100 cm³/mol. The van der Waals surface area contributed by atoms with Gasteiger partial charge in [-0.3, -0.25) is 9.78 Å². The second-order valence-corrected chi connectivity index (χ2v) is 7.83. The van der Waals surface area contributed by atoms with Crippen molar-refractivity contribution in [3.8, 4) is 0 Å². The molecule has 0 saturated carbocycles. The second kappa shape index (κ2) is 7.03. The van der Waals surface area contributed by atoms with E-state index in [2.05, 4.69) is 10.3 Å². The van der Waals surface area contributed by atoms with E-state index >= 15 is 0 Å². The topological polar surface area (TPSA) is 102 Å². The van der Waals surface area contributed by atoms with E-state index in [0.717, 1.165) is 10.9 Å². The summed E-state index contributed by atoms with van der Waals surface area (Å²) in [6, 6.07) is 13.1. The van der Waals surface area contributed by atoms with Gasteiger partial charge in [0.05, 0.1) is 21.7 Å². The highest BCUT2D eigenvalue weighted by atomic mass is 35.5. The summed E-state index contributed by atoms with van der Waals surface area (Å²) >= 11 is 6.00. The van der Waals surface area contributed by atoms with Crippen molar-refractivity contribution in [1.29, 1.82) is 0 Å². The quantitative estimate of drug-likeness (QED) is 0.716. The van der Waals surface area contributed by atoms with Crippen molar-refractivity contribution in [3.63, 3.8) is 0 Å². The number of benzene rings is 2. The van der Waals surface area contributed by atoms with Crippen LogP contribution in [0.3, 0.4) is 0 Å². The molecule has 26 heavy (non-hydrogen) atoms. The molecule has 0 unspecified atom stereocenters. The van der Waals surface area contributed by atoms with Crippen LogP contribution in [0.1, 0.15) is 21.6 Å². The van der Waals surface area contributed by atoms with E-state index in [4.69, 9.17) is 16.7 Å². The number of fused-ring (bicyclic) bond motifs is 1. The number of amides is 1. The number of hydrogen-bond acceptors (Lipinski definition) is 4. The number of rotatable bonds is 4. The lowest BCUT2D eigenvalue weighted by molar-refractivity contribution is 0.0950. The molecule has 0 bridgehead atoms. The van der Waals surface area contributed by atoms with Crippen LogP contribution in [0.4, 0.5) is 0 Å². The lowest BCUT2D eigenvalue weighted by Crippen LogP contribution is -2.24. The standard InChI is InChI=1S/C18H16ClN3O3S/c1-11-16(9-13-8-14(19)5-6-17(13)22-11)18(23)21-10-12-3-2-4-15(7-12)26(20,24)25/h2-9H,10H2,1H3,(H,21,23)(H2,20,24,25). The highest BCUT2D eigenvalue weighted by molar-refractivity contribution is 7.89. The molecule has 0 spiro atoms. The molecule has 1 heterocycles. The van der Waals surface area contributed by atoms with Gasteiger partial charge in [0.1, 0.15) is 0 Å². The molecule has 0 aliphatic rings. The van der Waals surface area contributed by atoms with E-state index in [9.17, 15) is 13.2 Å².